The lowest BCUT2D eigenvalue weighted by Crippen LogP contribution is -2.18. The van der Waals surface area contributed by atoms with E-state index in [1.165, 1.54) is 0 Å². The number of nitrogens with one attached hydrogen (secondary N) is 1. The summed E-state index contributed by atoms with van der Waals surface area (Å²) in [6, 6.07) is 16.6. The minimum atomic E-state index is -0.352. The largest absolute Gasteiger partial charge is 0.497 e. The minimum Gasteiger partial charge on any atom is -0.497 e. The molecule has 0 fully saturated rings. The van der Waals surface area contributed by atoms with Crippen LogP contribution in [0.4, 0.5) is 0 Å². The molecule has 2 heterocycles. The van der Waals surface area contributed by atoms with Crippen LogP contribution in [-0.2, 0) is 0 Å². The van der Waals surface area contributed by atoms with E-state index in [4.69, 9.17) is 4.74 Å². The van der Waals surface area contributed by atoms with Crippen LogP contribution in [0.3, 0.4) is 0 Å². The fraction of sp³-hybridized carbons (Fsp3) is 0.0556. The van der Waals surface area contributed by atoms with Crippen LogP contribution in [0.15, 0.2) is 72.1 Å². The second-order valence-electron chi connectivity index (χ2n) is 4.92. The highest BCUT2D eigenvalue weighted by molar-refractivity contribution is 5.92. The van der Waals surface area contributed by atoms with Crippen molar-refractivity contribution >= 4 is 12.1 Å². The van der Waals surface area contributed by atoms with Gasteiger partial charge >= 0.3 is 0 Å². The van der Waals surface area contributed by atoms with Gasteiger partial charge in [-0.2, -0.15) is 5.10 Å². The number of aromatic nitrogens is 2. The van der Waals surface area contributed by atoms with Gasteiger partial charge in [0.05, 0.1) is 19.0 Å². The molecule has 0 aliphatic heterocycles. The summed E-state index contributed by atoms with van der Waals surface area (Å²) in [6.45, 7) is 0. The van der Waals surface area contributed by atoms with E-state index in [-0.39, 0.29) is 5.91 Å². The lowest BCUT2D eigenvalue weighted by Gasteiger charge is -2.07. The topological polar surface area (TPSA) is 68.5 Å². The maximum Gasteiger partial charge on any atom is 0.289 e. The third-order valence-corrected chi connectivity index (χ3v) is 3.39. The molecule has 6 nitrogen and oxygen atoms in total. The summed E-state index contributed by atoms with van der Waals surface area (Å²) in [5.41, 5.74) is 4.59. The Labute approximate surface area is 139 Å². The molecule has 1 aromatic carbocycles. The Balaban J connectivity index is 1.72. The van der Waals surface area contributed by atoms with Crippen molar-refractivity contribution in [3.05, 3.63) is 78.4 Å². The third kappa shape index (κ3) is 3.49. The van der Waals surface area contributed by atoms with Crippen molar-refractivity contribution < 1.29 is 9.53 Å². The molecule has 0 radical (unpaired) electrons. The first-order chi connectivity index (χ1) is 11.8. The Kier molecular flexibility index (Phi) is 4.67. The van der Waals surface area contributed by atoms with Gasteiger partial charge in [0, 0.05) is 18.1 Å². The maximum absolute atomic E-state index is 11.9. The summed E-state index contributed by atoms with van der Waals surface area (Å²) < 4.78 is 7.12. The van der Waals surface area contributed by atoms with Gasteiger partial charge in [0.25, 0.3) is 5.91 Å². The van der Waals surface area contributed by atoms with E-state index in [1.807, 2.05) is 47.2 Å². The smallest absolute Gasteiger partial charge is 0.289 e. The van der Waals surface area contributed by atoms with E-state index < -0.39 is 0 Å². The van der Waals surface area contributed by atoms with Gasteiger partial charge in [-0.15, -0.1) is 0 Å². The van der Waals surface area contributed by atoms with Crippen molar-refractivity contribution in [1.29, 1.82) is 0 Å². The van der Waals surface area contributed by atoms with Gasteiger partial charge in [0.1, 0.15) is 11.4 Å². The van der Waals surface area contributed by atoms with Crippen molar-refractivity contribution in [1.82, 2.24) is 15.0 Å². The summed E-state index contributed by atoms with van der Waals surface area (Å²) in [6.07, 6.45) is 5.07. The molecule has 0 atom stereocenters. The van der Waals surface area contributed by atoms with Crippen molar-refractivity contribution in [2.45, 2.75) is 0 Å². The zero-order chi connectivity index (χ0) is 16.8. The Morgan fingerprint density at radius 3 is 2.71 bits per heavy atom. The Morgan fingerprint density at radius 2 is 2.00 bits per heavy atom. The van der Waals surface area contributed by atoms with Crippen LogP contribution in [0, 0.1) is 0 Å². The highest BCUT2D eigenvalue weighted by Gasteiger charge is 2.05. The number of methoxy groups -OCH3 is 1. The summed E-state index contributed by atoms with van der Waals surface area (Å²) in [7, 11) is 1.63. The number of benzene rings is 1. The van der Waals surface area contributed by atoms with Gasteiger partial charge in [0.15, 0.2) is 0 Å². The first-order valence-electron chi connectivity index (χ1n) is 7.34. The number of hydrazone groups is 1. The van der Waals surface area contributed by atoms with Crippen LogP contribution in [-0.4, -0.2) is 28.8 Å². The van der Waals surface area contributed by atoms with Crippen LogP contribution in [0.25, 0.3) is 5.69 Å². The minimum absolute atomic E-state index is 0.320. The zero-order valence-corrected chi connectivity index (χ0v) is 13.1. The van der Waals surface area contributed by atoms with Crippen LogP contribution in [0.1, 0.15) is 16.2 Å². The number of hydrogen-bond donors (Lipinski definition) is 1. The Morgan fingerprint density at radius 1 is 1.17 bits per heavy atom. The van der Waals surface area contributed by atoms with Crippen LogP contribution in [0.5, 0.6) is 5.75 Å². The fourth-order valence-corrected chi connectivity index (χ4v) is 2.19. The summed E-state index contributed by atoms with van der Waals surface area (Å²) in [4.78, 5) is 15.9. The van der Waals surface area contributed by atoms with Gasteiger partial charge in [-0.1, -0.05) is 6.07 Å². The number of rotatable bonds is 5. The molecule has 1 amide bonds. The molecular weight excluding hydrogens is 304 g/mol. The van der Waals surface area contributed by atoms with E-state index in [2.05, 4.69) is 15.5 Å². The number of nitrogens with zero attached hydrogens (tertiary/aromatic N) is 3. The zero-order valence-electron chi connectivity index (χ0n) is 13.1. The highest BCUT2D eigenvalue weighted by atomic mass is 16.5. The van der Waals surface area contributed by atoms with Gasteiger partial charge in [-0.3, -0.25) is 9.78 Å². The molecule has 0 bridgehead atoms. The van der Waals surface area contributed by atoms with Gasteiger partial charge in [0.2, 0.25) is 0 Å². The van der Waals surface area contributed by atoms with E-state index in [0.717, 1.165) is 17.1 Å². The van der Waals surface area contributed by atoms with Crippen LogP contribution < -0.4 is 10.2 Å². The van der Waals surface area contributed by atoms with Gasteiger partial charge in [-0.05, 0) is 48.5 Å². The number of hydrogen-bond acceptors (Lipinski definition) is 4. The molecule has 6 heteroatoms. The first kappa shape index (κ1) is 15.5. The summed E-state index contributed by atoms with van der Waals surface area (Å²) >= 11 is 0. The van der Waals surface area contributed by atoms with Gasteiger partial charge < -0.3 is 9.30 Å². The van der Waals surface area contributed by atoms with E-state index >= 15 is 0 Å². The molecule has 24 heavy (non-hydrogen) atoms. The molecule has 0 saturated heterocycles. The van der Waals surface area contributed by atoms with E-state index in [0.29, 0.717) is 5.69 Å². The van der Waals surface area contributed by atoms with Gasteiger partial charge in [-0.25, -0.2) is 5.43 Å². The molecule has 3 rings (SSSR count). The highest BCUT2D eigenvalue weighted by Crippen LogP contribution is 2.16. The van der Waals surface area contributed by atoms with Crippen molar-refractivity contribution in [3.63, 3.8) is 0 Å². The number of ether oxygens (including phenoxy) is 1. The monoisotopic (exact) mass is 320 g/mol. The van der Waals surface area contributed by atoms with Crippen LogP contribution >= 0.6 is 0 Å². The Bertz CT molecular complexity index is 839. The molecule has 0 aliphatic rings. The number of carbonyl (C=O) groups excluding carboxylic acids is 1. The SMILES string of the molecule is COc1ccc(-n2cccc2/C=N\NC(=O)c2ccccn2)cc1. The van der Waals surface area contributed by atoms with E-state index in [9.17, 15) is 4.79 Å². The summed E-state index contributed by atoms with van der Waals surface area (Å²) in [5.74, 6) is 0.443. The normalized spacial score (nSPS) is 10.7. The van der Waals surface area contributed by atoms with Crippen molar-refractivity contribution in [2.75, 3.05) is 7.11 Å². The molecule has 120 valence electrons. The molecule has 1 N–H and O–H groups in total. The van der Waals surface area contributed by atoms with E-state index in [1.54, 1.807) is 37.7 Å². The van der Waals surface area contributed by atoms with Crippen molar-refractivity contribution in [2.24, 2.45) is 5.10 Å². The predicted octanol–water partition coefficient (Wildman–Crippen LogP) is 2.64. The Hall–Kier alpha value is -3.41. The number of pyridine rings is 1. The molecule has 0 spiro atoms. The predicted molar refractivity (Wildman–Crippen MR) is 91.6 cm³/mol. The first-order valence-corrected chi connectivity index (χ1v) is 7.34. The number of carbonyl (C=O) groups is 1. The molecule has 0 saturated carbocycles. The fourth-order valence-electron chi connectivity index (χ4n) is 2.19. The second-order valence-corrected chi connectivity index (χ2v) is 4.92. The molecule has 3 aromatic rings. The van der Waals surface area contributed by atoms with Crippen LogP contribution in [0.2, 0.25) is 0 Å². The second kappa shape index (κ2) is 7.23. The average molecular weight is 320 g/mol. The van der Waals surface area contributed by atoms with Crippen molar-refractivity contribution in [3.8, 4) is 11.4 Å². The maximum atomic E-state index is 11.9. The molecular formula is C18H16N4O2. The third-order valence-electron chi connectivity index (χ3n) is 3.39. The quantitative estimate of drug-likeness (QED) is 0.580. The molecule has 0 unspecified atom stereocenters. The number of amides is 1. The summed E-state index contributed by atoms with van der Waals surface area (Å²) in [5, 5.41) is 4.00. The standard InChI is InChI=1S/C18H16N4O2/c1-24-16-9-7-14(8-10-16)22-12-4-5-15(22)13-20-21-18(23)17-6-2-3-11-19-17/h2-13H,1H3,(H,21,23)/b20-13-. The lowest BCUT2D eigenvalue weighted by molar-refractivity contribution is 0.0950. The molecule has 0 aliphatic carbocycles. The average Bonchev–Trinajstić information content (AvgIpc) is 3.11. The lowest BCUT2D eigenvalue weighted by atomic mass is 10.3. The molecule has 2 aromatic heterocycles.